The van der Waals surface area contributed by atoms with Gasteiger partial charge in [0.05, 0.1) is 10.9 Å². The van der Waals surface area contributed by atoms with Gasteiger partial charge in [0.2, 0.25) is 0 Å². The number of rotatable bonds is 8. The van der Waals surface area contributed by atoms with E-state index < -0.39 is 0 Å². The zero-order valence-corrected chi connectivity index (χ0v) is 20.1. The highest BCUT2D eigenvalue weighted by Crippen LogP contribution is 2.32. The summed E-state index contributed by atoms with van der Waals surface area (Å²) >= 11 is 0. The zero-order valence-electron chi connectivity index (χ0n) is 20.1. The highest BCUT2D eigenvalue weighted by atomic mass is 16.5. The Bertz CT molecular complexity index is 1220. The summed E-state index contributed by atoms with van der Waals surface area (Å²) in [6.07, 6.45) is 15.5. The van der Waals surface area contributed by atoms with Crippen LogP contribution in [0.15, 0.2) is 48.9 Å². The maximum absolute atomic E-state index is 13.4. The molecule has 7 nitrogen and oxygen atoms in total. The molecule has 1 unspecified atom stereocenters. The standard InChI is InChI=1S/C28H32N4O3/c1-18(33)15-19-7-11-21(12-8-19)32-28-25-24(16-29-27(25)30-17-31-28)26(34)20-9-13-23(14-10-20)35-22-5-3-2-4-6-22/h3,5,9-10,13-14,16-17,19,21-22H,2,4,6-8,11-12,15H2,1H3,(H2,29,30,31,32). The van der Waals surface area contributed by atoms with Crippen LogP contribution in [0.1, 0.15) is 74.2 Å². The number of Topliss-reactive ketones (excluding diaryl/α,β-unsaturated/α-hetero) is 1. The number of aromatic nitrogens is 3. The number of fused-ring (bicyclic) bond motifs is 1. The quantitative estimate of drug-likeness (QED) is 0.326. The minimum atomic E-state index is -0.0802. The summed E-state index contributed by atoms with van der Waals surface area (Å²) < 4.78 is 6.03. The largest absolute Gasteiger partial charge is 0.486 e. The molecule has 7 heteroatoms. The molecule has 2 heterocycles. The van der Waals surface area contributed by atoms with Crippen LogP contribution in [0, 0.1) is 5.92 Å². The number of carbonyl (C=O) groups is 2. The SMILES string of the molecule is CC(=O)CC1CCC(Nc2ncnc3[nH]cc(C(=O)c4ccc(OC5C=CCCC5)cc4)c23)CC1. The molecule has 2 N–H and O–H groups in total. The van der Waals surface area contributed by atoms with E-state index in [0.717, 1.165) is 56.1 Å². The Balaban J connectivity index is 1.31. The second kappa shape index (κ2) is 10.4. The van der Waals surface area contributed by atoms with Gasteiger partial charge in [-0.2, -0.15) is 0 Å². The van der Waals surface area contributed by atoms with Crippen molar-refractivity contribution < 1.29 is 14.3 Å². The molecule has 1 aromatic carbocycles. The van der Waals surface area contributed by atoms with Crippen molar-refractivity contribution in [3.8, 4) is 5.75 Å². The third-order valence-electron chi connectivity index (χ3n) is 7.09. The van der Waals surface area contributed by atoms with Crippen LogP contribution in [0.5, 0.6) is 5.75 Å². The average Bonchev–Trinajstić information content (AvgIpc) is 3.31. The van der Waals surface area contributed by atoms with Crippen molar-refractivity contribution in [3.63, 3.8) is 0 Å². The van der Waals surface area contributed by atoms with Gasteiger partial charge in [-0.15, -0.1) is 0 Å². The van der Waals surface area contributed by atoms with Gasteiger partial charge in [0, 0.05) is 24.2 Å². The highest BCUT2D eigenvalue weighted by molar-refractivity contribution is 6.18. The molecule has 3 aromatic rings. The maximum atomic E-state index is 13.4. The molecule has 2 aliphatic carbocycles. The number of H-pyrrole nitrogens is 1. The molecule has 35 heavy (non-hydrogen) atoms. The van der Waals surface area contributed by atoms with E-state index in [0.29, 0.717) is 34.9 Å². The fourth-order valence-corrected chi connectivity index (χ4v) is 5.26. The highest BCUT2D eigenvalue weighted by Gasteiger charge is 2.25. The molecule has 1 saturated carbocycles. The van der Waals surface area contributed by atoms with Crippen LogP contribution in [-0.4, -0.2) is 38.7 Å². The van der Waals surface area contributed by atoms with Gasteiger partial charge in [-0.25, -0.2) is 9.97 Å². The van der Waals surface area contributed by atoms with Crippen LogP contribution < -0.4 is 10.1 Å². The van der Waals surface area contributed by atoms with Gasteiger partial charge in [0.25, 0.3) is 0 Å². The molecule has 1 fully saturated rings. The fourth-order valence-electron chi connectivity index (χ4n) is 5.26. The molecule has 0 saturated heterocycles. The molecule has 0 amide bonds. The van der Waals surface area contributed by atoms with E-state index in [2.05, 4.69) is 32.4 Å². The molecule has 2 aliphatic rings. The van der Waals surface area contributed by atoms with E-state index in [1.54, 1.807) is 13.1 Å². The molecule has 0 spiro atoms. The van der Waals surface area contributed by atoms with Crippen molar-refractivity contribution in [3.05, 3.63) is 60.1 Å². The average molecular weight is 473 g/mol. The predicted molar refractivity (Wildman–Crippen MR) is 136 cm³/mol. The van der Waals surface area contributed by atoms with Crippen molar-refractivity contribution in [1.29, 1.82) is 0 Å². The molecular formula is C28H32N4O3. The normalized spacial score (nSPS) is 22.1. The van der Waals surface area contributed by atoms with Gasteiger partial charge < -0.3 is 19.8 Å². The lowest BCUT2D eigenvalue weighted by atomic mass is 9.83. The van der Waals surface area contributed by atoms with Gasteiger partial charge in [-0.1, -0.05) is 6.08 Å². The number of anilines is 1. The second-order valence-electron chi connectivity index (χ2n) is 9.79. The monoisotopic (exact) mass is 472 g/mol. The van der Waals surface area contributed by atoms with Crippen LogP contribution in [0.25, 0.3) is 11.0 Å². The summed E-state index contributed by atoms with van der Waals surface area (Å²) in [6.45, 7) is 1.67. The van der Waals surface area contributed by atoms with E-state index in [1.165, 1.54) is 6.33 Å². The van der Waals surface area contributed by atoms with Crippen molar-refractivity contribution >= 4 is 28.4 Å². The fraction of sp³-hybridized carbons (Fsp3) is 0.429. The Labute approximate surface area is 205 Å². The predicted octanol–water partition coefficient (Wildman–Crippen LogP) is 5.63. The van der Waals surface area contributed by atoms with Crippen LogP contribution >= 0.6 is 0 Å². The number of aromatic amines is 1. The number of hydrogen-bond acceptors (Lipinski definition) is 6. The molecule has 0 radical (unpaired) electrons. The van der Waals surface area contributed by atoms with Crippen LogP contribution in [0.2, 0.25) is 0 Å². The zero-order chi connectivity index (χ0) is 24.2. The van der Waals surface area contributed by atoms with Crippen molar-refractivity contribution in [2.24, 2.45) is 5.92 Å². The second-order valence-corrected chi connectivity index (χ2v) is 9.79. The molecule has 5 rings (SSSR count). The van der Waals surface area contributed by atoms with Gasteiger partial charge in [0.1, 0.15) is 35.4 Å². The summed E-state index contributed by atoms with van der Waals surface area (Å²) in [7, 11) is 0. The van der Waals surface area contributed by atoms with Crippen molar-refractivity contribution in [2.45, 2.75) is 70.4 Å². The molecule has 182 valence electrons. The number of benzene rings is 1. The van der Waals surface area contributed by atoms with Crippen LogP contribution in [0.4, 0.5) is 5.82 Å². The first-order valence-corrected chi connectivity index (χ1v) is 12.6. The van der Waals surface area contributed by atoms with Gasteiger partial charge >= 0.3 is 0 Å². The number of ether oxygens (including phenoxy) is 1. The lowest BCUT2D eigenvalue weighted by molar-refractivity contribution is -0.118. The van der Waals surface area contributed by atoms with E-state index in [1.807, 2.05) is 24.3 Å². The van der Waals surface area contributed by atoms with Crippen LogP contribution in [0.3, 0.4) is 0 Å². The first-order chi connectivity index (χ1) is 17.1. The summed E-state index contributed by atoms with van der Waals surface area (Å²) in [5.74, 6) is 2.10. The Morgan fingerprint density at radius 3 is 2.60 bits per heavy atom. The van der Waals surface area contributed by atoms with E-state index in [-0.39, 0.29) is 23.7 Å². The smallest absolute Gasteiger partial charge is 0.195 e. The molecule has 0 aliphatic heterocycles. The number of hydrogen-bond donors (Lipinski definition) is 2. The molecule has 0 bridgehead atoms. The lowest BCUT2D eigenvalue weighted by Gasteiger charge is -2.29. The van der Waals surface area contributed by atoms with Gasteiger partial charge in [0.15, 0.2) is 5.78 Å². The number of nitrogens with one attached hydrogen (secondary N) is 2. The van der Waals surface area contributed by atoms with Crippen LogP contribution in [-0.2, 0) is 4.79 Å². The van der Waals surface area contributed by atoms with E-state index in [9.17, 15) is 9.59 Å². The summed E-state index contributed by atoms with van der Waals surface area (Å²) in [5, 5.41) is 4.27. The molecule has 2 aromatic heterocycles. The molecular weight excluding hydrogens is 440 g/mol. The van der Waals surface area contributed by atoms with Gasteiger partial charge in [-0.3, -0.25) is 4.79 Å². The van der Waals surface area contributed by atoms with Gasteiger partial charge in [-0.05, 0) is 88.1 Å². The lowest BCUT2D eigenvalue weighted by Crippen LogP contribution is -2.27. The minimum absolute atomic E-state index is 0.0802. The third kappa shape index (κ3) is 5.45. The summed E-state index contributed by atoms with van der Waals surface area (Å²) in [4.78, 5) is 36.8. The van der Waals surface area contributed by atoms with Crippen molar-refractivity contribution in [2.75, 3.05) is 5.32 Å². The minimum Gasteiger partial charge on any atom is -0.486 e. The first-order valence-electron chi connectivity index (χ1n) is 12.6. The Hall–Kier alpha value is -3.48. The Morgan fingerprint density at radius 1 is 1.09 bits per heavy atom. The number of nitrogens with zero attached hydrogens (tertiary/aromatic N) is 2. The maximum Gasteiger partial charge on any atom is 0.195 e. The van der Waals surface area contributed by atoms with Crippen molar-refractivity contribution in [1.82, 2.24) is 15.0 Å². The Kier molecular flexibility index (Phi) is 6.93. The topological polar surface area (TPSA) is 97.0 Å². The Morgan fingerprint density at radius 2 is 1.89 bits per heavy atom. The number of allylic oxidation sites excluding steroid dienone is 1. The first kappa shape index (κ1) is 23.3. The van der Waals surface area contributed by atoms with E-state index in [4.69, 9.17) is 4.74 Å². The third-order valence-corrected chi connectivity index (χ3v) is 7.09. The molecule has 1 atom stereocenters. The number of carbonyl (C=O) groups excluding carboxylic acids is 2. The summed E-state index contributed by atoms with van der Waals surface area (Å²) in [6, 6.07) is 7.62. The summed E-state index contributed by atoms with van der Waals surface area (Å²) in [5.41, 5.74) is 1.79. The van der Waals surface area contributed by atoms with E-state index >= 15 is 0 Å². The number of ketones is 2.